The van der Waals surface area contributed by atoms with E-state index in [1.165, 1.54) is 13.2 Å². The average Bonchev–Trinajstić information content (AvgIpc) is 2.74. The van der Waals surface area contributed by atoms with Crippen molar-refractivity contribution in [3.8, 4) is 0 Å². The van der Waals surface area contributed by atoms with E-state index in [-0.39, 0.29) is 18.8 Å². The summed E-state index contributed by atoms with van der Waals surface area (Å²) in [6.07, 6.45) is 0.0343. The summed E-state index contributed by atoms with van der Waals surface area (Å²) in [5.41, 5.74) is 2.62. The summed E-state index contributed by atoms with van der Waals surface area (Å²) in [6, 6.07) is 11.5. The first-order chi connectivity index (χ1) is 11.6. The normalized spacial score (nSPS) is 13.5. The number of aliphatic imine (C=N–C) groups is 2. The van der Waals surface area contributed by atoms with Crippen LogP contribution in [0.15, 0.2) is 52.4 Å². The van der Waals surface area contributed by atoms with Gasteiger partial charge in [0.25, 0.3) is 0 Å². The van der Waals surface area contributed by atoms with Crippen molar-refractivity contribution in [3.63, 3.8) is 0 Å². The van der Waals surface area contributed by atoms with Crippen LogP contribution >= 0.6 is 11.6 Å². The molecule has 0 N–H and O–H groups in total. The third kappa shape index (κ3) is 3.36. The molecular formula is C18H14ClFN2O2. The van der Waals surface area contributed by atoms with Gasteiger partial charge in [-0.3, -0.25) is 14.8 Å². The molecule has 0 radical (unpaired) electrons. The molecule has 1 aliphatic heterocycles. The van der Waals surface area contributed by atoms with E-state index in [0.717, 1.165) is 0 Å². The number of hydrogen-bond acceptors (Lipinski definition) is 4. The Kier molecular flexibility index (Phi) is 4.71. The van der Waals surface area contributed by atoms with Crippen LogP contribution in [-0.4, -0.2) is 31.0 Å². The van der Waals surface area contributed by atoms with Gasteiger partial charge in [0.15, 0.2) is 0 Å². The highest BCUT2D eigenvalue weighted by Crippen LogP contribution is 2.29. The monoisotopic (exact) mass is 344 g/mol. The van der Waals surface area contributed by atoms with Crippen molar-refractivity contribution in [1.82, 2.24) is 0 Å². The molecule has 6 heteroatoms. The quantitative estimate of drug-likeness (QED) is 0.791. The standard InChI is InChI=1S/C18H14ClFN2O2/c1-24-17(23)9-12-10-21-18(13-4-2-3-5-15(13)20)14-8-11(19)6-7-16(14)22-12/h2-8H,9-10H2,1H3. The van der Waals surface area contributed by atoms with Crippen LogP contribution in [0, 0.1) is 5.82 Å². The molecule has 0 atom stereocenters. The number of rotatable bonds is 3. The first-order valence-corrected chi connectivity index (χ1v) is 7.69. The number of halogens is 2. The van der Waals surface area contributed by atoms with E-state index in [2.05, 4.69) is 14.7 Å². The van der Waals surface area contributed by atoms with Crippen molar-refractivity contribution >= 4 is 34.7 Å². The molecule has 122 valence electrons. The summed E-state index contributed by atoms with van der Waals surface area (Å²) < 4.78 is 18.9. The van der Waals surface area contributed by atoms with Crippen LogP contribution in [0.2, 0.25) is 5.02 Å². The summed E-state index contributed by atoms with van der Waals surface area (Å²) in [5.74, 6) is -0.771. The molecule has 0 aromatic heterocycles. The first-order valence-electron chi connectivity index (χ1n) is 7.31. The molecule has 2 aromatic rings. The molecule has 2 aromatic carbocycles. The van der Waals surface area contributed by atoms with E-state index in [4.69, 9.17) is 11.6 Å². The Morgan fingerprint density at radius 1 is 1.25 bits per heavy atom. The third-order valence-corrected chi connectivity index (χ3v) is 3.85. The third-order valence-electron chi connectivity index (χ3n) is 3.62. The fourth-order valence-electron chi connectivity index (χ4n) is 2.47. The molecule has 0 bridgehead atoms. The molecule has 3 rings (SSSR count). The Balaban J connectivity index is 2.12. The van der Waals surface area contributed by atoms with E-state index in [1.54, 1.807) is 36.4 Å². The minimum absolute atomic E-state index is 0.0343. The van der Waals surface area contributed by atoms with E-state index >= 15 is 0 Å². The Morgan fingerprint density at radius 3 is 2.79 bits per heavy atom. The van der Waals surface area contributed by atoms with E-state index in [0.29, 0.717) is 33.3 Å². The Labute approximate surface area is 143 Å². The maximum Gasteiger partial charge on any atom is 0.311 e. The molecule has 1 heterocycles. The van der Waals surface area contributed by atoms with Crippen molar-refractivity contribution < 1.29 is 13.9 Å². The Hall–Kier alpha value is -2.53. The van der Waals surface area contributed by atoms with Gasteiger partial charge in [-0.15, -0.1) is 0 Å². The number of carbonyl (C=O) groups is 1. The number of esters is 1. The van der Waals surface area contributed by atoms with Gasteiger partial charge in [-0.25, -0.2) is 4.39 Å². The molecule has 0 unspecified atom stereocenters. The maximum atomic E-state index is 14.2. The second kappa shape index (κ2) is 6.93. The molecule has 0 aliphatic carbocycles. The fourth-order valence-corrected chi connectivity index (χ4v) is 2.65. The maximum absolute atomic E-state index is 14.2. The smallest absolute Gasteiger partial charge is 0.311 e. The fraction of sp³-hybridized carbons (Fsp3) is 0.167. The van der Waals surface area contributed by atoms with Gasteiger partial charge in [-0.2, -0.15) is 0 Å². The molecule has 4 nitrogen and oxygen atoms in total. The minimum Gasteiger partial charge on any atom is -0.469 e. The van der Waals surface area contributed by atoms with Gasteiger partial charge in [0, 0.05) is 16.1 Å². The van der Waals surface area contributed by atoms with E-state index in [9.17, 15) is 9.18 Å². The molecule has 24 heavy (non-hydrogen) atoms. The number of hydrogen-bond donors (Lipinski definition) is 0. The van der Waals surface area contributed by atoms with Gasteiger partial charge < -0.3 is 4.74 Å². The van der Waals surface area contributed by atoms with Gasteiger partial charge in [0.2, 0.25) is 0 Å². The zero-order chi connectivity index (χ0) is 17.1. The van der Waals surface area contributed by atoms with Crippen LogP contribution in [0.4, 0.5) is 10.1 Å². The van der Waals surface area contributed by atoms with Crippen molar-refractivity contribution in [2.75, 3.05) is 13.7 Å². The molecule has 0 fully saturated rings. The van der Waals surface area contributed by atoms with Crippen molar-refractivity contribution in [1.29, 1.82) is 0 Å². The van der Waals surface area contributed by atoms with Crippen LogP contribution in [0.5, 0.6) is 0 Å². The van der Waals surface area contributed by atoms with E-state index < -0.39 is 5.97 Å². The zero-order valence-electron chi connectivity index (χ0n) is 12.9. The number of benzene rings is 2. The van der Waals surface area contributed by atoms with Crippen molar-refractivity contribution in [3.05, 3.63) is 64.4 Å². The van der Waals surface area contributed by atoms with Crippen LogP contribution in [0.3, 0.4) is 0 Å². The summed E-state index contributed by atoms with van der Waals surface area (Å²) >= 11 is 6.09. The Morgan fingerprint density at radius 2 is 2.04 bits per heavy atom. The number of carbonyl (C=O) groups excluding carboxylic acids is 1. The Bertz CT molecular complexity index is 862. The zero-order valence-corrected chi connectivity index (χ0v) is 13.7. The topological polar surface area (TPSA) is 51.0 Å². The largest absolute Gasteiger partial charge is 0.469 e. The van der Waals surface area contributed by atoms with Crippen molar-refractivity contribution in [2.45, 2.75) is 6.42 Å². The molecule has 1 aliphatic rings. The highest BCUT2D eigenvalue weighted by Gasteiger charge is 2.20. The highest BCUT2D eigenvalue weighted by atomic mass is 35.5. The van der Waals surface area contributed by atoms with Crippen LogP contribution in [-0.2, 0) is 9.53 Å². The van der Waals surface area contributed by atoms with Gasteiger partial charge in [-0.1, -0.05) is 23.7 Å². The van der Waals surface area contributed by atoms with E-state index in [1.807, 2.05) is 0 Å². The number of nitrogens with zero attached hydrogens (tertiary/aromatic N) is 2. The molecular weight excluding hydrogens is 331 g/mol. The van der Waals surface area contributed by atoms with Gasteiger partial charge in [-0.05, 0) is 30.3 Å². The molecule has 0 spiro atoms. The van der Waals surface area contributed by atoms with Crippen LogP contribution in [0.1, 0.15) is 17.5 Å². The lowest BCUT2D eigenvalue weighted by Gasteiger charge is -2.09. The summed E-state index contributed by atoms with van der Waals surface area (Å²) in [5, 5.41) is 0.504. The van der Waals surface area contributed by atoms with Crippen LogP contribution in [0.25, 0.3) is 0 Å². The lowest BCUT2D eigenvalue weighted by molar-refractivity contribution is -0.139. The van der Waals surface area contributed by atoms with Gasteiger partial charge >= 0.3 is 5.97 Å². The number of ether oxygens (including phenoxy) is 1. The first kappa shape index (κ1) is 16.3. The highest BCUT2D eigenvalue weighted by molar-refractivity contribution is 6.31. The predicted octanol–water partition coefficient (Wildman–Crippen LogP) is 3.97. The summed E-state index contributed by atoms with van der Waals surface area (Å²) in [4.78, 5) is 20.5. The average molecular weight is 345 g/mol. The summed E-state index contributed by atoms with van der Waals surface area (Å²) in [7, 11) is 1.32. The minimum atomic E-state index is -0.395. The van der Waals surface area contributed by atoms with Gasteiger partial charge in [0.05, 0.1) is 37.2 Å². The number of fused-ring (bicyclic) bond motifs is 1. The van der Waals surface area contributed by atoms with Crippen LogP contribution < -0.4 is 0 Å². The molecule has 0 saturated carbocycles. The lowest BCUT2D eigenvalue weighted by atomic mass is 10.0. The van der Waals surface area contributed by atoms with Gasteiger partial charge in [0.1, 0.15) is 5.82 Å². The molecule has 0 saturated heterocycles. The molecule has 0 amide bonds. The van der Waals surface area contributed by atoms with Crippen molar-refractivity contribution in [2.24, 2.45) is 9.98 Å². The number of methoxy groups -OCH3 is 1. The lowest BCUT2D eigenvalue weighted by Crippen LogP contribution is -2.12. The second-order valence-corrected chi connectivity index (χ2v) is 5.67. The predicted molar refractivity (Wildman–Crippen MR) is 92.1 cm³/mol. The SMILES string of the molecule is COC(=O)CC1=Nc2ccc(Cl)cc2C(c2ccccc2F)=NC1. The second-order valence-electron chi connectivity index (χ2n) is 5.24. The summed E-state index contributed by atoms with van der Waals surface area (Å²) in [6.45, 7) is 0.186.